The molecule has 3 aromatic rings. The van der Waals surface area contributed by atoms with Gasteiger partial charge in [0.1, 0.15) is 0 Å². The van der Waals surface area contributed by atoms with E-state index in [4.69, 9.17) is 4.52 Å². The number of rotatable bonds is 2. The number of hydrogen-bond acceptors (Lipinski definition) is 5. The molecular weight excluding hydrogens is 320 g/mol. The standard InChI is InChI=1S/C18H16N4O3/c23-17-13-6-8-22(9-7-14(13)19-11-20-17)18(24)15-10-16(25-21-15)12-4-2-1-3-5-12/h1-5,10-11H,6-9H2,(H,19,20,23). The lowest BCUT2D eigenvalue weighted by Gasteiger charge is -2.18. The van der Waals surface area contributed by atoms with Crippen molar-refractivity contribution in [3.63, 3.8) is 0 Å². The number of amides is 1. The predicted molar refractivity (Wildman–Crippen MR) is 90.1 cm³/mol. The molecule has 25 heavy (non-hydrogen) atoms. The van der Waals surface area contributed by atoms with Crippen LogP contribution in [0.2, 0.25) is 0 Å². The number of H-pyrrole nitrogens is 1. The highest BCUT2D eigenvalue weighted by atomic mass is 16.5. The molecule has 1 amide bonds. The Morgan fingerprint density at radius 3 is 2.80 bits per heavy atom. The molecule has 0 radical (unpaired) electrons. The SMILES string of the molecule is O=C(c1cc(-c2ccccc2)on1)N1CCc2nc[nH]c(=O)c2CC1. The molecule has 4 rings (SSSR count). The molecule has 0 fully saturated rings. The second kappa shape index (κ2) is 6.35. The van der Waals surface area contributed by atoms with Gasteiger partial charge in [-0.2, -0.15) is 0 Å². The second-order valence-corrected chi connectivity index (χ2v) is 5.89. The average molecular weight is 336 g/mol. The Morgan fingerprint density at radius 1 is 1.16 bits per heavy atom. The van der Waals surface area contributed by atoms with Crippen LogP contribution in [0.3, 0.4) is 0 Å². The van der Waals surface area contributed by atoms with E-state index in [1.54, 1.807) is 11.0 Å². The van der Waals surface area contributed by atoms with Gasteiger partial charge in [-0.05, 0) is 6.42 Å². The molecule has 1 N–H and O–H groups in total. The smallest absolute Gasteiger partial charge is 0.276 e. The van der Waals surface area contributed by atoms with Crippen molar-refractivity contribution < 1.29 is 9.32 Å². The fourth-order valence-electron chi connectivity index (χ4n) is 3.02. The maximum absolute atomic E-state index is 12.7. The molecule has 0 saturated heterocycles. The van der Waals surface area contributed by atoms with Crippen molar-refractivity contribution in [2.24, 2.45) is 0 Å². The Kier molecular flexibility index (Phi) is 3.89. The van der Waals surface area contributed by atoms with Crippen LogP contribution in [0.4, 0.5) is 0 Å². The third-order valence-electron chi connectivity index (χ3n) is 4.36. The number of benzene rings is 1. The average Bonchev–Trinajstić information content (AvgIpc) is 3.03. The molecule has 2 aromatic heterocycles. The zero-order valence-corrected chi connectivity index (χ0v) is 13.4. The van der Waals surface area contributed by atoms with Crippen molar-refractivity contribution in [1.29, 1.82) is 0 Å². The fraction of sp³-hybridized carbons (Fsp3) is 0.222. The van der Waals surface area contributed by atoms with Crippen LogP contribution < -0.4 is 5.56 Å². The second-order valence-electron chi connectivity index (χ2n) is 5.89. The Labute approximate surface area is 143 Å². The number of carbonyl (C=O) groups is 1. The molecular formula is C18H16N4O3. The molecule has 126 valence electrons. The van der Waals surface area contributed by atoms with Crippen molar-refractivity contribution in [1.82, 2.24) is 20.0 Å². The van der Waals surface area contributed by atoms with Crippen LogP contribution >= 0.6 is 0 Å². The molecule has 0 bridgehead atoms. The van der Waals surface area contributed by atoms with Crippen LogP contribution in [0, 0.1) is 0 Å². The summed E-state index contributed by atoms with van der Waals surface area (Å²) in [5, 5.41) is 3.92. The topological polar surface area (TPSA) is 92.1 Å². The Bertz CT molecular complexity index is 962. The van der Waals surface area contributed by atoms with Gasteiger partial charge in [-0.3, -0.25) is 9.59 Å². The maximum atomic E-state index is 12.7. The summed E-state index contributed by atoms with van der Waals surface area (Å²) in [6.07, 6.45) is 2.43. The highest BCUT2D eigenvalue weighted by Gasteiger charge is 2.24. The number of fused-ring (bicyclic) bond motifs is 1. The van der Waals surface area contributed by atoms with Crippen LogP contribution in [0.15, 0.2) is 52.0 Å². The molecule has 7 heteroatoms. The fourth-order valence-corrected chi connectivity index (χ4v) is 3.02. The zero-order valence-electron chi connectivity index (χ0n) is 13.4. The number of carbonyl (C=O) groups excluding carboxylic acids is 1. The van der Waals surface area contributed by atoms with E-state index in [-0.39, 0.29) is 17.2 Å². The molecule has 0 atom stereocenters. The summed E-state index contributed by atoms with van der Waals surface area (Å²) in [6, 6.07) is 11.2. The van der Waals surface area contributed by atoms with Crippen LogP contribution in [0.1, 0.15) is 21.7 Å². The van der Waals surface area contributed by atoms with Gasteiger partial charge in [-0.1, -0.05) is 35.5 Å². The van der Waals surface area contributed by atoms with Gasteiger partial charge in [0.05, 0.1) is 12.0 Å². The van der Waals surface area contributed by atoms with Gasteiger partial charge in [-0.25, -0.2) is 4.98 Å². The molecule has 1 aliphatic heterocycles. The van der Waals surface area contributed by atoms with Gasteiger partial charge >= 0.3 is 0 Å². The van der Waals surface area contributed by atoms with E-state index in [9.17, 15) is 9.59 Å². The van der Waals surface area contributed by atoms with Crippen molar-refractivity contribution in [3.8, 4) is 11.3 Å². The quantitative estimate of drug-likeness (QED) is 0.768. The van der Waals surface area contributed by atoms with Gasteiger partial charge in [0, 0.05) is 36.7 Å². The van der Waals surface area contributed by atoms with E-state index >= 15 is 0 Å². The summed E-state index contributed by atoms with van der Waals surface area (Å²) >= 11 is 0. The van der Waals surface area contributed by atoms with E-state index < -0.39 is 0 Å². The number of nitrogens with one attached hydrogen (secondary N) is 1. The Hall–Kier alpha value is -3.22. The first-order chi connectivity index (χ1) is 12.2. The van der Waals surface area contributed by atoms with Gasteiger partial charge in [0.2, 0.25) is 0 Å². The summed E-state index contributed by atoms with van der Waals surface area (Å²) in [5.74, 6) is 0.357. The lowest BCUT2D eigenvalue weighted by atomic mass is 10.1. The van der Waals surface area contributed by atoms with Gasteiger partial charge < -0.3 is 14.4 Å². The number of aromatic amines is 1. The van der Waals surface area contributed by atoms with E-state index in [0.29, 0.717) is 37.3 Å². The minimum Gasteiger partial charge on any atom is -0.355 e. The minimum absolute atomic E-state index is 0.132. The number of aromatic nitrogens is 3. The lowest BCUT2D eigenvalue weighted by Crippen LogP contribution is -2.33. The first kappa shape index (κ1) is 15.3. The van der Waals surface area contributed by atoms with E-state index in [2.05, 4.69) is 15.1 Å². The molecule has 7 nitrogen and oxygen atoms in total. The highest BCUT2D eigenvalue weighted by Crippen LogP contribution is 2.21. The molecule has 0 spiro atoms. The lowest BCUT2D eigenvalue weighted by molar-refractivity contribution is 0.0752. The minimum atomic E-state index is -0.199. The number of hydrogen-bond donors (Lipinski definition) is 1. The largest absolute Gasteiger partial charge is 0.355 e. The highest BCUT2D eigenvalue weighted by molar-refractivity contribution is 5.93. The summed E-state index contributed by atoms with van der Waals surface area (Å²) < 4.78 is 5.31. The maximum Gasteiger partial charge on any atom is 0.276 e. The number of nitrogens with zero attached hydrogens (tertiary/aromatic N) is 3. The summed E-state index contributed by atoms with van der Waals surface area (Å²) in [4.78, 5) is 33.1. The first-order valence-electron chi connectivity index (χ1n) is 8.09. The third-order valence-corrected chi connectivity index (χ3v) is 4.36. The van der Waals surface area contributed by atoms with Gasteiger partial charge in [0.25, 0.3) is 11.5 Å². The van der Waals surface area contributed by atoms with Crippen molar-refractivity contribution in [2.45, 2.75) is 12.8 Å². The molecule has 0 saturated carbocycles. The van der Waals surface area contributed by atoms with Crippen LogP contribution in [0.5, 0.6) is 0 Å². The van der Waals surface area contributed by atoms with Gasteiger partial charge in [0.15, 0.2) is 11.5 Å². The monoisotopic (exact) mass is 336 g/mol. The molecule has 1 aromatic carbocycles. The van der Waals surface area contributed by atoms with Gasteiger partial charge in [-0.15, -0.1) is 0 Å². The van der Waals surface area contributed by atoms with Crippen LogP contribution in [-0.4, -0.2) is 39.0 Å². The van der Waals surface area contributed by atoms with Crippen LogP contribution in [-0.2, 0) is 12.8 Å². The van der Waals surface area contributed by atoms with E-state index in [0.717, 1.165) is 11.3 Å². The molecule has 3 heterocycles. The van der Waals surface area contributed by atoms with Crippen molar-refractivity contribution >= 4 is 5.91 Å². The molecule has 1 aliphatic rings. The Morgan fingerprint density at radius 2 is 1.96 bits per heavy atom. The van der Waals surface area contributed by atoms with Crippen LogP contribution in [0.25, 0.3) is 11.3 Å². The predicted octanol–water partition coefficient (Wildman–Crippen LogP) is 1.67. The normalized spacial score (nSPS) is 14.0. The third kappa shape index (κ3) is 2.96. The molecule has 0 aliphatic carbocycles. The Balaban J connectivity index is 1.54. The van der Waals surface area contributed by atoms with Crippen molar-refractivity contribution in [3.05, 3.63) is 70.0 Å². The zero-order chi connectivity index (χ0) is 17.2. The summed E-state index contributed by atoms with van der Waals surface area (Å²) in [7, 11) is 0. The van der Waals surface area contributed by atoms with Crippen molar-refractivity contribution in [2.75, 3.05) is 13.1 Å². The summed E-state index contributed by atoms with van der Waals surface area (Å²) in [5.41, 5.74) is 2.42. The first-order valence-corrected chi connectivity index (χ1v) is 8.09. The van der Waals surface area contributed by atoms with E-state index in [1.165, 1.54) is 6.33 Å². The molecule has 0 unspecified atom stereocenters. The summed E-state index contributed by atoms with van der Waals surface area (Å²) in [6.45, 7) is 0.948. The van der Waals surface area contributed by atoms with E-state index in [1.807, 2.05) is 30.3 Å².